The molecule has 0 spiro atoms. The molecule has 0 radical (unpaired) electrons. The van der Waals surface area contributed by atoms with Crippen LogP contribution in [-0.2, 0) is 25.6 Å². The first-order valence-electron chi connectivity index (χ1n) is 12.3. The summed E-state index contributed by atoms with van der Waals surface area (Å²) in [5.41, 5.74) is -0.0658. The van der Waals surface area contributed by atoms with E-state index in [1.807, 2.05) is 26.8 Å². The van der Waals surface area contributed by atoms with E-state index in [1.165, 1.54) is 0 Å². The molecule has 3 heterocycles. The maximum absolute atomic E-state index is 13.2. The Morgan fingerprint density at radius 3 is 2.53 bits per heavy atom. The molecule has 2 saturated heterocycles. The summed E-state index contributed by atoms with van der Waals surface area (Å²) in [5.74, 6) is 2.05. The zero-order chi connectivity index (χ0) is 25.7. The average molecular weight is 520 g/mol. The van der Waals surface area contributed by atoms with E-state index in [-0.39, 0.29) is 37.8 Å². The highest BCUT2D eigenvalue weighted by Gasteiger charge is 2.42. The molecule has 2 aliphatic rings. The molecule has 0 N–H and O–H groups in total. The Bertz CT molecular complexity index is 1090. The Morgan fingerprint density at radius 2 is 1.83 bits per heavy atom. The first-order chi connectivity index (χ1) is 17.2. The number of halogens is 1. The number of aryl methyl sites for hydroxylation is 4. The number of carbonyl (C=O) groups is 2. The van der Waals surface area contributed by atoms with Crippen LogP contribution in [0.1, 0.15) is 30.1 Å². The topological polar surface area (TPSA) is 99.0 Å². The van der Waals surface area contributed by atoms with Gasteiger partial charge in [-0.2, -0.15) is 5.10 Å². The molecule has 2 fully saturated rings. The van der Waals surface area contributed by atoms with Gasteiger partial charge in [-0.1, -0.05) is 11.6 Å². The molecule has 11 heteroatoms. The number of carbonyl (C=O) groups excluding carboxylic acids is 2. The van der Waals surface area contributed by atoms with Gasteiger partial charge in [-0.3, -0.25) is 9.59 Å². The number of rotatable bonds is 8. The maximum Gasteiger partial charge on any atom is 0.225 e. The molecule has 1 aromatic heterocycles. The van der Waals surface area contributed by atoms with Crippen molar-refractivity contribution >= 4 is 23.4 Å². The molecular weight excluding hydrogens is 486 g/mol. The molecule has 4 rings (SSSR count). The van der Waals surface area contributed by atoms with Gasteiger partial charge in [0.05, 0.1) is 39.3 Å². The molecule has 0 aliphatic carbocycles. The summed E-state index contributed by atoms with van der Waals surface area (Å²) < 4.78 is 19.5. The van der Waals surface area contributed by atoms with Gasteiger partial charge in [-0.05, 0) is 44.5 Å². The van der Waals surface area contributed by atoms with Gasteiger partial charge >= 0.3 is 0 Å². The fourth-order valence-electron chi connectivity index (χ4n) is 4.56. The third-order valence-corrected chi connectivity index (χ3v) is 6.99. The fourth-order valence-corrected chi connectivity index (χ4v) is 4.68. The number of nitrogens with zero attached hydrogens (tertiary/aromatic N) is 5. The van der Waals surface area contributed by atoms with E-state index >= 15 is 0 Å². The molecule has 1 aromatic carbocycles. The highest BCUT2D eigenvalue weighted by molar-refractivity contribution is 6.31. The van der Waals surface area contributed by atoms with Crippen molar-refractivity contribution in [3.8, 4) is 5.75 Å². The number of benzene rings is 1. The number of hydrogen-bond donors (Lipinski definition) is 0. The molecule has 1 atom stereocenters. The Labute approximate surface area is 216 Å². The predicted molar refractivity (Wildman–Crippen MR) is 133 cm³/mol. The molecule has 0 bridgehead atoms. The van der Waals surface area contributed by atoms with E-state index in [4.69, 9.17) is 25.8 Å². The van der Waals surface area contributed by atoms with Crippen LogP contribution < -0.4 is 4.74 Å². The first-order valence-corrected chi connectivity index (χ1v) is 12.7. The summed E-state index contributed by atoms with van der Waals surface area (Å²) in [4.78, 5) is 34.2. The van der Waals surface area contributed by atoms with Gasteiger partial charge in [0.2, 0.25) is 11.8 Å². The number of hydrogen-bond acceptors (Lipinski definition) is 7. The normalized spacial score (nSPS) is 20.4. The SMILES string of the molecule is Cc1nc(C)n(CCC(=O)N2CCO[C@](COc3ccc(Cl)c(C)c3)(CC(=O)N3CCOCC3)C2)n1. The zero-order valence-corrected chi connectivity index (χ0v) is 21.9. The lowest BCUT2D eigenvalue weighted by molar-refractivity contribution is -0.167. The lowest BCUT2D eigenvalue weighted by Crippen LogP contribution is -2.58. The molecule has 10 nitrogen and oxygen atoms in total. The van der Waals surface area contributed by atoms with Gasteiger partial charge in [-0.15, -0.1) is 0 Å². The van der Waals surface area contributed by atoms with Gasteiger partial charge in [0.25, 0.3) is 0 Å². The van der Waals surface area contributed by atoms with Crippen molar-refractivity contribution in [1.82, 2.24) is 24.6 Å². The van der Waals surface area contributed by atoms with Crippen molar-refractivity contribution in [3.63, 3.8) is 0 Å². The second-order valence-electron chi connectivity index (χ2n) is 9.40. The second-order valence-corrected chi connectivity index (χ2v) is 9.80. The van der Waals surface area contributed by atoms with Crippen LogP contribution >= 0.6 is 11.6 Å². The van der Waals surface area contributed by atoms with E-state index in [1.54, 1.807) is 26.6 Å². The summed E-state index contributed by atoms with van der Waals surface area (Å²) in [6, 6.07) is 5.43. The molecule has 196 valence electrons. The van der Waals surface area contributed by atoms with Crippen molar-refractivity contribution < 1.29 is 23.8 Å². The van der Waals surface area contributed by atoms with Crippen molar-refractivity contribution in [3.05, 3.63) is 40.4 Å². The van der Waals surface area contributed by atoms with E-state index in [0.717, 1.165) is 11.4 Å². The summed E-state index contributed by atoms with van der Waals surface area (Å²) in [6.07, 6.45) is 0.402. The molecule has 2 amide bonds. The van der Waals surface area contributed by atoms with Gasteiger partial charge < -0.3 is 24.0 Å². The number of ether oxygens (including phenoxy) is 3. The molecule has 0 saturated carbocycles. The molecule has 0 unspecified atom stereocenters. The molecule has 36 heavy (non-hydrogen) atoms. The van der Waals surface area contributed by atoms with Gasteiger partial charge in [-0.25, -0.2) is 9.67 Å². The molecule has 2 aliphatic heterocycles. The third-order valence-electron chi connectivity index (χ3n) is 6.57. The van der Waals surface area contributed by atoms with Crippen molar-refractivity contribution in [2.75, 3.05) is 52.6 Å². The summed E-state index contributed by atoms with van der Waals surface area (Å²) in [7, 11) is 0. The summed E-state index contributed by atoms with van der Waals surface area (Å²) in [5, 5.41) is 5.00. The molecular formula is C25H34ClN5O5. The summed E-state index contributed by atoms with van der Waals surface area (Å²) in [6.45, 7) is 9.38. The minimum atomic E-state index is -0.962. The van der Waals surface area contributed by atoms with Crippen LogP contribution in [0.4, 0.5) is 0 Å². The standard InChI is InChI=1S/C25H34ClN5O5/c1-18-14-21(4-5-22(18)26)35-17-25(15-24(33)29-8-11-34-12-9-29)16-30(10-13-36-25)23(32)6-7-31-20(3)27-19(2)28-31/h4-5,14H,6-13,15-17H2,1-3H3/t25-/m1/s1. The van der Waals surface area contributed by atoms with Crippen LogP contribution in [0.5, 0.6) is 5.75 Å². The van der Waals surface area contributed by atoms with Crippen LogP contribution in [0.3, 0.4) is 0 Å². The summed E-state index contributed by atoms with van der Waals surface area (Å²) >= 11 is 6.16. The first kappa shape index (κ1) is 26.4. The quantitative estimate of drug-likeness (QED) is 0.527. The van der Waals surface area contributed by atoms with Crippen LogP contribution in [-0.4, -0.2) is 94.6 Å². The maximum atomic E-state index is 13.2. The number of morpholine rings is 2. The number of aromatic nitrogens is 3. The zero-order valence-electron chi connectivity index (χ0n) is 21.2. The van der Waals surface area contributed by atoms with Gasteiger partial charge in [0.15, 0.2) is 0 Å². The minimum absolute atomic E-state index is 0.0172. The van der Waals surface area contributed by atoms with Crippen LogP contribution in [0.2, 0.25) is 5.02 Å². The van der Waals surface area contributed by atoms with Crippen molar-refractivity contribution in [1.29, 1.82) is 0 Å². The van der Waals surface area contributed by atoms with Crippen LogP contribution in [0.15, 0.2) is 18.2 Å². The minimum Gasteiger partial charge on any atom is -0.490 e. The lowest BCUT2D eigenvalue weighted by atomic mass is 9.96. The Morgan fingerprint density at radius 1 is 1.08 bits per heavy atom. The smallest absolute Gasteiger partial charge is 0.225 e. The Balaban J connectivity index is 1.46. The van der Waals surface area contributed by atoms with Crippen molar-refractivity contribution in [2.24, 2.45) is 0 Å². The Hall–Kier alpha value is -2.69. The van der Waals surface area contributed by atoms with Gasteiger partial charge in [0, 0.05) is 31.1 Å². The van der Waals surface area contributed by atoms with Gasteiger partial charge in [0.1, 0.15) is 29.6 Å². The lowest BCUT2D eigenvalue weighted by Gasteiger charge is -2.43. The highest BCUT2D eigenvalue weighted by Crippen LogP contribution is 2.28. The largest absolute Gasteiger partial charge is 0.490 e. The predicted octanol–water partition coefficient (Wildman–Crippen LogP) is 2.17. The van der Waals surface area contributed by atoms with E-state index in [2.05, 4.69) is 10.1 Å². The second kappa shape index (κ2) is 11.6. The van der Waals surface area contributed by atoms with E-state index in [0.29, 0.717) is 62.6 Å². The molecule has 2 aromatic rings. The number of amides is 2. The van der Waals surface area contributed by atoms with Crippen LogP contribution in [0, 0.1) is 20.8 Å². The fraction of sp³-hybridized carbons (Fsp3) is 0.600. The van der Waals surface area contributed by atoms with E-state index < -0.39 is 5.60 Å². The third kappa shape index (κ3) is 6.54. The van der Waals surface area contributed by atoms with Crippen LogP contribution in [0.25, 0.3) is 0 Å². The van der Waals surface area contributed by atoms with Crippen molar-refractivity contribution in [2.45, 2.75) is 45.8 Å². The Kier molecular flexibility index (Phi) is 8.48. The average Bonchev–Trinajstić information content (AvgIpc) is 3.20. The van der Waals surface area contributed by atoms with E-state index in [9.17, 15) is 9.59 Å². The monoisotopic (exact) mass is 519 g/mol. The highest BCUT2D eigenvalue weighted by atomic mass is 35.5.